The first kappa shape index (κ1) is 16.0. The van der Waals surface area contributed by atoms with Gasteiger partial charge in [0.15, 0.2) is 5.13 Å². The van der Waals surface area contributed by atoms with Crippen molar-refractivity contribution in [3.05, 3.63) is 41.5 Å². The Labute approximate surface area is 142 Å². The molecular weight excluding hydrogens is 328 g/mol. The van der Waals surface area contributed by atoms with Crippen LogP contribution in [0.1, 0.15) is 16.9 Å². The lowest BCUT2D eigenvalue weighted by Gasteiger charge is -2.03. The number of anilines is 1. The molecule has 0 saturated carbocycles. The molecule has 8 heteroatoms. The van der Waals surface area contributed by atoms with E-state index in [-0.39, 0.29) is 24.8 Å². The molecule has 124 valence electrons. The number of hydrogen-bond acceptors (Lipinski definition) is 5. The van der Waals surface area contributed by atoms with Crippen molar-refractivity contribution in [3.63, 3.8) is 0 Å². The molecule has 0 aliphatic rings. The molecule has 0 aliphatic heterocycles. The van der Waals surface area contributed by atoms with E-state index in [1.165, 1.54) is 11.3 Å². The average molecular weight is 344 g/mol. The maximum Gasteiger partial charge on any atom is 0.267 e. The molecule has 3 aromatic rings. The zero-order valence-corrected chi connectivity index (χ0v) is 13.8. The number of benzene rings is 1. The highest BCUT2D eigenvalue weighted by Crippen LogP contribution is 2.25. The Hall–Kier alpha value is -2.87. The highest BCUT2D eigenvalue weighted by atomic mass is 32.1. The Morgan fingerprint density at radius 1 is 1.38 bits per heavy atom. The van der Waals surface area contributed by atoms with E-state index in [1.54, 1.807) is 24.8 Å². The van der Waals surface area contributed by atoms with Crippen molar-refractivity contribution in [2.24, 2.45) is 0 Å². The molecule has 0 bridgehead atoms. The molecule has 0 spiro atoms. The molecule has 7 nitrogen and oxygen atoms in total. The van der Waals surface area contributed by atoms with Crippen LogP contribution in [0, 0.1) is 0 Å². The number of aromatic nitrogens is 2. The van der Waals surface area contributed by atoms with Crippen LogP contribution in [-0.4, -0.2) is 35.4 Å². The van der Waals surface area contributed by atoms with Gasteiger partial charge in [0, 0.05) is 35.4 Å². The number of ether oxygens (including phenoxy) is 1. The predicted octanol–water partition coefficient (Wildman–Crippen LogP) is 2.39. The van der Waals surface area contributed by atoms with Gasteiger partial charge in [0.05, 0.1) is 7.11 Å². The van der Waals surface area contributed by atoms with Crippen LogP contribution in [0.5, 0.6) is 5.75 Å². The minimum Gasteiger partial charge on any atom is -0.496 e. The fourth-order valence-corrected chi connectivity index (χ4v) is 2.82. The van der Waals surface area contributed by atoms with Crippen LogP contribution >= 0.6 is 11.3 Å². The lowest BCUT2D eigenvalue weighted by Crippen LogP contribution is -2.27. The monoisotopic (exact) mass is 344 g/mol. The van der Waals surface area contributed by atoms with Gasteiger partial charge in [0.25, 0.3) is 5.91 Å². The standard InChI is InChI=1S/C16H16N4O3S/c1-23-13-4-2-3-11-10(13)9-12(19-11)15(22)17-6-5-14(21)20-16-18-7-8-24-16/h2-4,7-9,19H,5-6H2,1H3,(H,17,22)(H,18,20,21). The van der Waals surface area contributed by atoms with Crippen molar-refractivity contribution in [2.45, 2.75) is 6.42 Å². The minimum absolute atomic E-state index is 0.175. The third-order valence-electron chi connectivity index (χ3n) is 3.40. The first-order valence-electron chi connectivity index (χ1n) is 7.30. The summed E-state index contributed by atoms with van der Waals surface area (Å²) in [5.74, 6) is 0.240. The maximum absolute atomic E-state index is 12.2. The van der Waals surface area contributed by atoms with Gasteiger partial charge >= 0.3 is 0 Å². The van der Waals surface area contributed by atoms with E-state index in [1.807, 2.05) is 18.2 Å². The summed E-state index contributed by atoms with van der Waals surface area (Å²) in [6.45, 7) is 0.239. The molecule has 1 aromatic carbocycles. The van der Waals surface area contributed by atoms with Gasteiger partial charge in [-0.2, -0.15) is 0 Å². The quantitative estimate of drug-likeness (QED) is 0.640. The van der Waals surface area contributed by atoms with E-state index in [4.69, 9.17) is 4.74 Å². The molecule has 0 radical (unpaired) electrons. The van der Waals surface area contributed by atoms with Gasteiger partial charge in [-0.3, -0.25) is 9.59 Å². The van der Waals surface area contributed by atoms with Gasteiger partial charge in [-0.15, -0.1) is 11.3 Å². The smallest absolute Gasteiger partial charge is 0.267 e. The van der Waals surface area contributed by atoms with Gasteiger partial charge in [0.1, 0.15) is 11.4 Å². The van der Waals surface area contributed by atoms with Gasteiger partial charge in [-0.25, -0.2) is 4.98 Å². The molecule has 3 N–H and O–H groups in total. The molecule has 0 aliphatic carbocycles. The van der Waals surface area contributed by atoms with E-state index in [2.05, 4.69) is 20.6 Å². The summed E-state index contributed by atoms with van der Waals surface area (Å²) in [6.07, 6.45) is 1.79. The molecule has 0 unspecified atom stereocenters. The number of thiazole rings is 1. The van der Waals surface area contributed by atoms with E-state index < -0.39 is 0 Å². The number of H-pyrrole nitrogens is 1. The number of fused-ring (bicyclic) bond motifs is 1. The number of carbonyl (C=O) groups is 2. The van der Waals surface area contributed by atoms with Crippen molar-refractivity contribution in [1.82, 2.24) is 15.3 Å². The van der Waals surface area contributed by atoms with Crippen molar-refractivity contribution in [2.75, 3.05) is 19.0 Å². The van der Waals surface area contributed by atoms with Crippen molar-refractivity contribution >= 4 is 39.2 Å². The fourth-order valence-electron chi connectivity index (χ4n) is 2.28. The summed E-state index contributed by atoms with van der Waals surface area (Å²) < 4.78 is 5.27. The van der Waals surface area contributed by atoms with Crippen LogP contribution in [0.15, 0.2) is 35.8 Å². The van der Waals surface area contributed by atoms with Crippen LogP contribution in [-0.2, 0) is 4.79 Å². The first-order chi connectivity index (χ1) is 11.7. The predicted molar refractivity (Wildman–Crippen MR) is 92.5 cm³/mol. The first-order valence-corrected chi connectivity index (χ1v) is 8.18. The third-order valence-corrected chi connectivity index (χ3v) is 4.09. The lowest BCUT2D eigenvalue weighted by atomic mass is 10.2. The summed E-state index contributed by atoms with van der Waals surface area (Å²) in [5.41, 5.74) is 1.25. The minimum atomic E-state index is -0.268. The van der Waals surface area contributed by atoms with E-state index in [0.29, 0.717) is 16.6 Å². The Bertz CT molecular complexity index is 857. The fraction of sp³-hybridized carbons (Fsp3) is 0.188. The van der Waals surface area contributed by atoms with Crippen molar-refractivity contribution < 1.29 is 14.3 Å². The molecular formula is C16H16N4O3S. The molecule has 3 rings (SSSR count). The number of aromatic amines is 1. The third kappa shape index (κ3) is 3.54. The van der Waals surface area contributed by atoms with Crippen LogP contribution in [0.2, 0.25) is 0 Å². The van der Waals surface area contributed by atoms with E-state index >= 15 is 0 Å². The summed E-state index contributed by atoms with van der Waals surface area (Å²) in [4.78, 5) is 30.9. The summed E-state index contributed by atoms with van der Waals surface area (Å²) in [5, 5.41) is 8.55. The van der Waals surface area contributed by atoms with Gasteiger partial charge in [-0.05, 0) is 18.2 Å². The molecule has 0 atom stereocenters. The Balaban J connectivity index is 1.56. The number of methoxy groups -OCH3 is 1. The average Bonchev–Trinajstić information content (AvgIpc) is 3.23. The zero-order valence-electron chi connectivity index (χ0n) is 13.0. The lowest BCUT2D eigenvalue weighted by molar-refractivity contribution is -0.116. The number of hydrogen-bond donors (Lipinski definition) is 3. The SMILES string of the molecule is COc1cccc2[nH]c(C(=O)NCCC(=O)Nc3nccs3)cc12. The van der Waals surface area contributed by atoms with Crippen LogP contribution in [0.3, 0.4) is 0 Å². The highest BCUT2D eigenvalue weighted by molar-refractivity contribution is 7.13. The van der Waals surface area contributed by atoms with Crippen molar-refractivity contribution in [3.8, 4) is 5.75 Å². The van der Waals surface area contributed by atoms with E-state index in [9.17, 15) is 9.59 Å². The Kier molecular flexibility index (Phi) is 4.76. The maximum atomic E-state index is 12.2. The van der Waals surface area contributed by atoms with E-state index in [0.717, 1.165) is 10.9 Å². The summed E-state index contributed by atoms with van der Waals surface area (Å²) >= 11 is 1.35. The highest BCUT2D eigenvalue weighted by Gasteiger charge is 2.12. The number of carbonyl (C=O) groups excluding carboxylic acids is 2. The summed E-state index contributed by atoms with van der Waals surface area (Å²) in [6, 6.07) is 7.29. The Morgan fingerprint density at radius 2 is 2.25 bits per heavy atom. The molecule has 0 fully saturated rings. The summed E-state index contributed by atoms with van der Waals surface area (Å²) in [7, 11) is 1.59. The topological polar surface area (TPSA) is 96.1 Å². The van der Waals surface area contributed by atoms with Crippen LogP contribution in [0.25, 0.3) is 10.9 Å². The number of nitrogens with one attached hydrogen (secondary N) is 3. The second-order valence-corrected chi connectivity index (χ2v) is 5.89. The second-order valence-electron chi connectivity index (χ2n) is 5.00. The molecule has 2 aromatic heterocycles. The normalized spacial score (nSPS) is 10.5. The Morgan fingerprint density at radius 3 is 3.00 bits per heavy atom. The van der Waals surface area contributed by atoms with Gasteiger partial charge in [-0.1, -0.05) is 6.07 Å². The number of amides is 2. The van der Waals surface area contributed by atoms with Crippen molar-refractivity contribution in [1.29, 1.82) is 0 Å². The largest absolute Gasteiger partial charge is 0.496 e. The second kappa shape index (κ2) is 7.14. The van der Waals surface area contributed by atoms with Gasteiger partial charge in [0.2, 0.25) is 5.91 Å². The zero-order chi connectivity index (χ0) is 16.9. The molecule has 2 amide bonds. The molecule has 2 heterocycles. The number of rotatable bonds is 6. The van der Waals surface area contributed by atoms with Gasteiger partial charge < -0.3 is 20.4 Å². The van der Waals surface area contributed by atoms with Crippen LogP contribution < -0.4 is 15.4 Å². The molecule has 24 heavy (non-hydrogen) atoms. The molecule has 0 saturated heterocycles. The number of nitrogens with zero attached hydrogens (tertiary/aromatic N) is 1. The van der Waals surface area contributed by atoms with Crippen LogP contribution in [0.4, 0.5) is 5.13 Å².